The van der Waals surface area contributed by atoms with Gasteiger partial charge in [0, 0.05) is 12.1 Å². The van der Waals surface area contributed by atoms with Crippen molar-refractivity contribution in [2.45, 2.75) is 17.6 Å². The maximum Gasteiger partial charge on any atom is 0.271 e. The molecule has 6 rings (SSSR count). The van der Waals surface area contributed by atoms with E-state index in [1.807, 2.05) is 91.0 Å². The van der Waals surface area contributed by atoms with Crippen LogP contribution in [0, 0.1) is 10.1 Å². The van der Waals surface area contributed by atoms with Gasteiger partial charge in [0.05, 0.1) is 16.3 Å². The molecule has 4 aromatic carbocycles. The van der Waals surface area contributed by atoms with Crippen LogP contribution in [0.1, 0.15) is 17.2 Å². The van der Waals surface area contributed by atoms with Crippen molar-refractivity contribution in [3.8, 4) is 0 Å². The van der Waals surface area contributed by atoms with Crippen molar-refractivity contribution in [3.63, 3.8) is 0 Å². The van der Waals surface area contributed by atoms with Crippen LogP contribution in [0.5, 0.6) is 0 Å². The van der Waals surface area contributed by atoms with Gasteiger partial charge in [-0.3, -0.25) is 24.5 Å². The lowest BCUT2D eigenvalue weighted by Gasteiger charge is -2.35. The van der Waals surface area contributed by atoms with Crippen LogP contribution in [-0.4, -0.2) is 22.8 Å². The normalized spacial score (nSPS) is 22.8. The zero-order valence-electron chi connectivity index (χ0n) is 19.5. The number of non-ortho nitro benzene ring substituents is 1. The highest BCUT2D eigenvalue weighted by atomic mass is 16.7. The lowest BCUT2D eigenvalue weighted by molar-refractivity contribution is -0.384. The van der Waals surface area contributed by atoms with Gasteiger partial charge in [-0.2, -0.15) is 0 Å². The van der Waals surface area contributed by atoms with E-state index in [1.54, 1.807) is 5.06 Å². The van der Waals surface area contributed by atoms with Crippen molar-refractivity contribution in [3.05, 3.63) is 137 Å². The highest BCUT2D eigenvalue weighted by molar-refractivity contribution is 6.28. The second kappa shape index (κ2) is 8.69. The van der Waals surface area contributed by atoms with Gasteiger partial charge >= 0.3 is 0 Å². The number of amides is 2. The molecule has 2 amide bonds. The molecule has 0 unspecified atom stereocenters. The van der Waals surface area contributed by atoms with Crippen LogP contribution in [0.4, 0.5) is 17.1 Å². The van der Waals surface area contributed by atoms with Gasteiger partial charge in [-0.1, -0.05) is 84.9 Å². The van der Waals surface area contributed by atoms with Crippen molar-refractivity contribution < 1.29 is 19.3 Å². The molecule has 2 fully saturated rings. The molecule has 2 aliphatic rings. The fourth-order valence-corrected chi connectivity index (χ4v) is 5.41. The summed E-state index contributed by atoms with van der Waals surface area (Å²) in [5.74, 6) is -1.07. The Morgan fingerprint density at radius 3 is 2.00 bits per heavy atom. The second-order valence-corrected chi connectivity index (χ2v) is 8.95. The van der Waals surface area contributed by atoms with Crippen LogP contribution >= 0.6 is 0 Å². The number of hydroxylamine groups is 1. The monoisotopic (exact) mass is 491 g/mol. The highest BCUT2D eigenvalue weighted by Crippen LogP contribution is 2.57. The zero-order chi connectivity index (χ0) is 25.6. The highest BCUT2D eigenvalue weighted by Gasteiger charge is 2.72. The summed E-state index contributed by atoms with van der Waals surface area (Å²) >= 11 is 0. The summed E-state index contributed by atoms with van der Waals surface area (Å²) in [6, 6.07) is 32.8. The first kappa shape index (κ1) is 22.6. The number of fused-ring (bicyclic) bond motifs is 1. The molecule has 8 nitrogen and oxygen atoms in total. The molecule has 182 valence electrons. The fraction of sp³-hybridized carbons (Fsp3) is 0.103. The van der Waals surface area contributed by atoms with E-state index >= 15 is 0 Å². The maximum absolute atomic E-state index is 14.6. The summed E-state index contributed by atoms with van der Waals surface area (Å²) in [6.45, 7) is 0. The Hall–Kier alpha value is -4.82. The number of carbonyl (C=O) groups is 2. The summed E-state index contributed by atoms with van der Waals surface area (Å²) in [5.41, 5.74) is 0.591. The van der Waals surface area contributed by atoms with Crippen LogP contribution < -0.4 is 9.96 Å². The minimum atomic E-state index is -1.44. The van der Waals surface area contributed by atoms with E-state index in [0.717, 1.165) is 10.5 Å². The van der Waals surface area contributed by atoms with Gasteiger partial charge in [-0.05, 0) is 29.3 Å². The Balaban J connectivity index is 1.60. The first-order valence-corrected chi connectivity index (χ1v) is 11.8. The number of nitro groups is 1. The van der Waals surface area contributed by atoms with Crippen molar-refractivity contribution in [2.75, 3.05) is 9.96 Å². The Morgan fingerprint density at radius 2 is 1.35 bits per heavy atom. The first-order valence-electron chi connectivity index (χ1n) is 11.8. The largest absolute Gasteiger partial charge is 0.273 e. The van der Waals surface area contributed by atoms with E-state index < -0.39 is 34.3 Å². The predicted octanol–water partition coefficient (Wildman–Crippen LogP) is 4.97. The third-order valence-corrected chi connectivity index (χ3v) is 6.98. The smallest absolute Gasteiger partial charge is 0.271 e. The zero-order valence-corrected chi connectivity index (χ0v) is 19.5. The average molecular weight is 492 g/mol. The van der Waals surface area contributed by atoms with Crippen molar-refractivity contribution >= 4 is 28.9 Å². The Bertz CT molecular complexity index is 1500. The minimum absolute atomic E-state index is 0.135. The van der Waals surface area contributed by atoms with Gasteiger partial charge in [0.15, 0.2) is 6.10 Å². The molecule has 0 spiro atoms. The molecule has 0 aliphatic carbocycles. The molecule has 8 heteroatoms. The van der Waals surface area contributed by atoms with Crippen LogP contribution in [0.2, 0.25) is 0 Å². The number of nitro benzene ring substituents is 1. The predicted molar refractivity (Wildman–Crippen MR) is 137 cm³/mol. The molecule has 0 bridgehead atoms. The minimum Gasteiger partial charge on any atom is -0.273 e. The van der Waals surface area contributed by atoms with Gasteiger partial charge in [-0.25, -0.2) is 9.96 Å². The molecular weight excluding hydrogens is 470 g/mol. The third kappa shape index (κ3) is 3.34. The SMILES string of the molecule is O=C1[C@@H]2ON(c3ccccc3)[C@H](c3ccccc3)[C@]2(c2ccccc2)C(=O)N1c1cccc([N+](=O)[O-])c1. The molecule has 0 N–H and O–H groups in total. The summed E-state index contributed by atoms with van der Waals surface area (Å²) in [6.07, 6.45) is -1.19. The van der Waals surface area contributed by atoms with Gasteiger partial charge in [0.1, 0.15) is 11.5 Å². The molecule has 0 saturated carbocycles. The number of imide groups is 1. The van der Waals surface area contributed by atoms with Crippen LogP contribution in [0.3, 0.4) is 0 Å². The summed E-state index contributed by atoms with van der Waals surface area (Å²) < 4.78 is 0. The Morgan fingerprint density at radius 1 is 0.757 bits per heavy atom. The van der Waals surface area contributed by atoms with Crippen molar-refractivity contribution in [1.29, 1.82) is 0 Å². The molecule has 3 atom stereocenters. The Kier molecular flexibility index (Phi) is 5.31. The molecule has 2 heterocycles. The van der Waals surface area contributed by atoms with Crippen molar-refractivity contribution in [1.82, 2.24) is 0 Å². The molecule has 2 saturated heterocycles. The number of para-hydroxylation sites is 1. The maximum atomic E-state index is 14.6. The number of hydrogen-bond acceptors (Lipinski definition) is 6. The first-order chi connectivity index (χ1) is 18.0. The van der Waals surface area contributed by atoms with Gasteiger partial charge < -0.3 is 0 Å². The van der Waals surface area contributed by atoms with Gasteiger partial charge in [0.25, 0.3) is 11.6 Å². The number of nitrogens with zero attached hydrogens (tertiary/aromatic N) is 3. The molecule has 37 heavy (non-hydrogen) atoms. The molecule has 0 aromatic heterocycles. The Labute approximate surface area is 212 Å². The van der Waals surface area contributed by atoms with Crippen LogP contribution in [0.25, 0.3) is 0 Å². The molecule has 0 radical (unpaired) electrons. The fourth-order valence-electron chi connectivity index (χ4n) is 5.41. The van der Waals surface area contributed by atoms with Crippen molar-refractivity contribution in [2.24, 2.45) is 0 Å². The lowest BCUT2D eigenvalue weighted by Crippen LogP contribution is -2.46. The van der Waals surface area contributed by atoms with E-state index in [2.05, 4.69) is 0 Å². The summed E-state index contributed by atoms with van der Waals surface area (Å²) in [7, 11) is 0. The van der Waals surface area contributed by atoms with Crippen LogP contribution in [-0.2, 0) is 19.8 Å². The summed E-state index contributed by atoms with van der Waals surface area (Å²) in [5, 5.41) is 13.1. The van der Waals surface area contributed by atoms with Crippen LogP contribution in [0.15, 0.2) is 115 Å². The molecular formula is C29H21N3O5. The lowest BCUT2D eigenvalue weighted by atomic mass is 9.69. The summed E-state index contributed by atoms with van der Waals surface area (Å²) in [4.78, 5) is 46.9. The quantitative estimate of drug-likeness (QED) is 0.222. The number of benzene rings is 4. The number of anilines is 2. The topological polar surface area (TPSA) is 93.0 Å². The third-order valence-electron chi connectivity index (χ3n) is 6.98. The standard InChI is InChI=1S/C29H21N3O5/c33-27-26-29(21-13-6-2-7-14-21,28(34)30(27)23-17-10-18-24(19-23)32(35)36)25(20-11-4-1-5-12-20)31(37-26)22-15-8-3-9-16-22/h1-19,25-26H/t25-,26+,29+/m1/s1. The van der Waals surface area contributed by atoms with Gasteiger partial charge in [-0.15, -0.1) is 0 Å². The van der Waals surface area contributed by atoms with E-state index in [4.69, 9.17) is 4.84 Å². The number of rotatable bonds is 5. The van der Waals surface area contributed by atoms with E-state index in [9.17, 15) is 19.7 Å². The second-order valence-electron chi connectivity index (χ2n) is 8.95. The average Bonchev–Trinajstić information content (AvgIpc) is 3.41. The number of carbonyl (C=O) groups excluding carboxylic acids is 2. The van der Waals surface area contributed by atoms with E-state index in [1.165, 1.54) is 24.3 Å². The van der Waals surface area contributed by atoms with E-state index in [-0.39, 0.29) is 11.4 Å². The van der Waals surface area contributed by atoms with Gasteiger partial charge in [0.2, 0.25) is 5.91 Å². The molecule has 4 aromatic rings. The molecule has 2 aliphatic heterocycles. The van der Waals surface area contributed by atoms with E-state index in [0.29, 0.717) is 11.3 Å². The number of hydrogen-bond donors (Lipinski definition) is 0.